The molecule has 19 heavy (non-hydrogen) atoms. The largest absolute Gasteiger partial charge is 0.480 e. The van der Waals surface area contributed by atoms with Gasteiger partial charge in [0, 0.05) is 13.3 Å². The van der Waals surface area contributed by atoms with Gasteiger partial charge in [0.15, 0.2) is 0 Å². The Labute approximate surface area is 116 Å². The fourth-order valence-electron chi connectivity index (χ4n) is 1.37. The average Bonchev–Trinajstić information content (AvgIpc) is 2.34. The van der Waals surface area contributed by atoms with E-state index in [9.17, 15) is 14.4 Å². The molecule has 0 unspecified atom stereocenters. The number of aliphatic carboxylic acids is 1. The van der Waals surface area contributed by atoms with Crippen LogP contribution in [0.5, 0.6) is 0 Å². The lowest BCUT2D eigenvalue weighted by molar-refractivity contribution is -0.137. The molecule has 0 fully saturated rings. The Balaban J connectivity index is 3.01. The first kappa shape index (κ1) is 15.6. The maximum absolute atomic E-state index is 11.9. The van der Waals surface area contributed by atoms with Gasteiger partial charge in [0.1, 0.15) is 13.3 Å². The molecule has 8 nitrogen and oxygen atoms in total. The number of carboxylic acids is 1. The zero-order valence-electron chi connectivity index (χ0n) is 10.2. The van der Waals surface area contributed by atoms with Gasteiger partial charge in [-0.2, -0.15) is 0 Å². The zero-order chi connectivity index (χ0) is 14.4. The fourth-order valence-corrected chi connectivity index (χ4v) is 1.83. The number of hydrogen-bond donors (Lipinski definition) is 1. The van der Waals surface area contributed by atoms with E-state index in [2.05, 4.69) is 20.7 Å². The van der Waals surface area contributed by atoms with Gasteiger partial charge in [0.05, 0.1) is 17.6 Å². The summed E-state index contributed by atoms with van der Waals surface area (Å²) in [6.45, 7) is -0.352. The normalized spacial score (nSPS) is 10.6. The number of carbonyl (C=O) groups is 1. The maximum atomic E-state index is 11.9. The van der Waals surface area contributed by atoms with Crippen molar-refractivity contribution in [3.8, 4) is 0 Å². The summed E-state index contributed by atoms with van der Waals surface area (Å²) in [7, 11) is 1.45. The minimum absolute atomic E-state index is 0.0140. The van der Waals surface area contributed by atoms with Crippen molar-refractivity contribution in [3.63, 3.8) is 0 Å². The second kappa shape index (κ2) is 7.22. The summed E-state index contributed by atoms with van der Waals surface area (Å²) in [6.07, 6.45) is 1.16. The first-order valence-corrected chi connectivity index (χ1v) is 6.05. The molecular weight excluding hydrogens is 324 g/mol. The average molecular weight is 337 g/mol. The van der Waals surface area contributed by atoms with Crippen LogP contribution in [-0.4, -0.2) is 40.7 Å². The number of ether oxygens (including phenoxy) is 2. The first-order chi connectivity index (χ1) is 8.97. The predicted octanol–water partition coefficient (Wildman–Crippen LogP) is -0.522. The van der Waals surface area contributed by atoms with Crippen molar-refractivity contribution in [2.24, 2.45) is 0 Å². The van der Waals surface area contributed by atoms with E-state index in [0.29, 0.717) is 0 Å². The Morgan fingerprint density at radius 1 is 1.47 bits per heavy atom. The summed E-state index contributed by atoms with van der Waals surface area (Å²) in [5, 5.41) is 8.68. The van der Waals surface area contributed by atoms with Crippen molar-refractivity contribution < 1.29 is 19.4 Å². The molecule has 0 aliphatic rings. The number of aromatic nitrogens is 2. The molecule has 0 radical (unpaired) electrons. The number of rotatable bonds is 7. The Kier molecular flexibility index (Phi) is 5.93. The molecule has 1 aromatic rings. The van der Waals surface area contributed by atoms with Gasteiger partial charge in [0.25, 0.3) is 5.56 Å². The molecule has 0 aromatic carbocycles. The van der Waals surface area contributed by atoms with Gasteiger partial charge in [-0.3, -0.25) is 18.7 Å². The van der Waals surface area contributed by atoms with Crippen LogP contribution in [0.1, 0.15) is 0 Å². The van der Waals surface area contributed by atoms with Crippen molar-refractivity contribution in [3.05, 3.63) is 31.5 Å². The second-order valence-electron chi connectivity index (χ2n) is 3.55. The zero-order valence-corrected chi connectivity index (χ0v) is 11.8. The molecule has 0 aliphatic carbocycles. The van der Waals surface area contributed by atoms with E-state index in [-0.39, 0.29) is 24.4 Å². The van der Waals surface area contributed by atoms with E-state index in [1.54, 1.807) is 0 Å². The Bertz CT molecular complexity index is 564. The summed E-state index contributed by atoms with van der Waals surface area (Å²) < 4.78 is 11.6. The lowest BCUT2D eigenvalue weighted by atomic mass is 10.5. The molecule has 9 heteroatoms. The lowest BCUT2D eigenvalue weighted by Gasteiger charge is -2.09. The van der Waals surface area contributed by atoms with Gasteiger partial charge >= 0.3 is 11.7 Å². The van der Waals surface area contributed by atoms with Crippen molar-refractivity contribution in [1.29, 1.82) is 0 Å². The van der Waals surface area contributed by atoms with Crippen molar-refractivity contribution in [2.75, 3.05) is 20.5 Å². The molecule has 1 aromatic heterocycles. The summed E-state index contributed by atoms with van der Waals surface area (Å²) in [5.41, 5.74) is -1.23. The molecule has 0 bridgehead atoms. The fraction of sp³-hybridized carbons (Fsp3) is 0.500. The van der Waals surface area contributed by atoms with E-state index < -0.39 is 23.8 Å². The SMILES string of the molecule is COCOCCn1c(=O)c(Br)cn(CC(=O)O)c1=O. The van der Waals surface area contributed by atoms with E-state index in [0.717, 1.165) is 15.3 Å². The standard InChI is InChI=1S/C10H13BrN2O6/c1-18-6-19-3-2-13-9(16)7(11)4-12(10(13)17)5-8(14)15/h4H,2-3,5-6H2,1H3,(H,14,15). The van der Waals surface area contributed by atoms with Gasteiger partial charge in [-0.15, -0.1) is 0 Å². The van der Waals surface area contributed by atoms with Crippen molar-refractivity contribution in [1.82, 2.24) is 9.13 Å². The highest BCUT2D eigenvalue weighted by Gasteiger charge is 2.11. The van der Waals surface area contributed by atoms with E-state index in [4.69, 9.17) is 9.84 Å². The highest BCUT2D eigenvalue weighted by Crippen LogP contribution is 1.99. The molecule has 0 saturated heterocycles. The van der Waals surface area contributed by atoms with Crippen molar-refractivity contribution >= 4 is 21.9 Å². The number of carboxylic acid groups (broad SMARTS) is 1. The van der Waals surface area contributed by atoms with Crippen molar-refractivity contribution in [2.45, 2.75) is 13.1 Å². The lowest BCUT2D eigenvalue weighted by Crippen LogP contribution is -2.41. The number of hydrogen-bond acceptors (Lipinski definition) is 5. The van der Waals surface area contributed by atoms with Gasteiger partial charge < -0.3 is 14.6 Å². The van der Waals surface area contributed by atoms with Crippen LogP contribution in [0.3, 0.4) is 0 Å². The molecule has 0 saturated carbocycles. The third kappa shape index (κ3) is 4.30. The third-order valence-electron chi connectivity index (χ3n) is 2.16. The van der Waals surface area contributed by atoms with Crippen LogP contribution in [0.25, 0.3) is 0 Å². The third-order valence-corrected chi connectivity index (χ3v) is 2.71. The highest BCUT2D eigenvalue weighted by molar-refractivity contribution is 9.10. The summed E-state index contributed by atoms with van der Waals surface area (Å²) >= 11 is 2.99. The van der Waals surface area contributed by atoms with Crippen LogP contribution in [0.2, 0.25) is 0 Å². The highest BCUT2D eigenvalue weighted by atomic mass is 79.9. The smallest absolute Gasteiger partial charge is 0.331 e. The molecule has 1 heterocycles. The molecule has 0 aliphatic heterocycles. The minimum atomic E-state index is -1.17. The molecule has 1 rings (SSSR count). The summed E-state index contributed by atoms with van der Waals surface area (Å²) in [4.78, 5) is 34.3. The summed E-state index contributed by atoms with van der Waals surface area (Å²) in [5.74, 6) is -1.17. The Morgan fingerprint density at radius 3 is 2.74 bits per heavy atom. The van der Waals surface area contributed by atoms with Crippen LogP contribution >= 0.6 is 15.9 Å². The molecule has 0 atom stereocenters. The molecule has 0 amide bonds. The van der Waals surface area contributed by atoms with Crippen LogP contribution in [0.4, 0.5) is 0 Å². The Morgan fingerprint density at radius 2 is 2.16 bits per heavy atom. The van der Waals surface area contributed by atoms with Gasteiger partial charge in [0.2, 0.25) is 0 Å². The molecule has 1 N–H and O–H groups in total. The van der Waals surface area contributed by atoms with Crippen LogP contribution < -0.4 is 11.2 Å². The minimum Gasteiger partial charge on any atom is -0.480 e. The monoisotopic (exact) mass is 336 g/mol. The van der Waals surface area contributed by atoms with Crippen LogP contribution in [0.15, 0.2) is 20.3 Å². The van der Waals surface area contributed by atoms with Gasteiger partial charge in [-0.25, -0.2) is 4.79 Å². The van der Waals surface area contributed by atoms with E-state index in [1.165, 1.54) is 7.11 Å². The second-order valence-corrected chi connectivity index (χ2v) is 4.41. The predicted molar refractivity (Wildman–Crippen MR) is 68.1 cm³/mol. The quantitative estimate of drug-likeness (QED) is 0.531. The van der Waals surface area contributed by atoms with Crippen LogP contribution in [0, 0.1) is 0 Å². The topological polar surface area (TPSA) is 99.8 Å². The molecule has 0 spiro atoms. The van der Waals surface area contributed by atoms with Crippen LogP contribution in [-0.2, 0) is 27.4 Å². The number of nitrogens with zero attached hydrogens (tertiary/aromatic N) is 2. The van der Waals surface area contributed by atoms with Gasteiger partial charge in [-0.1, -0.05) is 0 Å². The number of halogens is 1. The molecule has 106 valence electrons. The maximum Gasteiger partial charge on any atom is 0.331 e. The summed E-state index contributed by atoms with van der Waals surface area (Å²) in [6, 6.07) is 0. The number of methoxy groups -OCH3 is 1. The Hall–Kier alpha value is -1.45. The van der Waals surface area contributed by atoms with E-state index >= 15 is 0 Å². The van der Waals surface area contributed by atoms with Gasteiger partial charge in [-0.05, 0) is 15.9 Å². The first-order valence-electron chi connectivity index (χ1n) is 5.25. The van der Waals surface area contributed by atoms with E-state index in [1.807, 2.05) is 0 Å². The molecular formula is C10H13BrN2O6.